The number of methoxy groups -OCH3 is 1. The van der Waals surface area contributed by atoms with E-state index in [2.05, 4.69) is 0 Å². The van der Waals surface area contributed by atoms with E-state index in [1.807, 2.05) is 5.32 Å². The third-order valence-corrected chi connectivity index (χ3v) is 3.81. The Morgan fingerprint density at radius 2 is 1.78 bits per heavy atom. The second-order valence-electron chi connectivity index (χ2n) is 5.70. The number of likely N-dealkylation sites (N-methyl/N-ethyl adjacent to an activating group) is 1. The minimum Gasteiger partial charge on any atom is -0.494 e. The lowest BCUT2D eigenvalue weighted by Gasteiger charge is -2.24. The number of nitrogens with one attached hydrogen (secondary N) is 1. The van der Waals surface area contributed by atoms with Gasteiger partial charge in [0.25, 0.3) is 0 Å². The SMILES string of the molecule is COc1ccc(N(C)C(=O)C(Cc2cc(F)cc(F)c2)NC(=O)O)cc1F. The van der Waals surface area contributed by atoms with Crippen molar-refractivity contribution in [3.05, 3.63) is 59.4 Å². The van der Waals surface area contributed by atoms with Gasteiger partial charge in [0.1, 0.15) is 17.7 Å². The molecule has 0 aliphatic carbocycles. The number of anilines is 1. The number of nitrogens with zero attached hydrogens (tertiary/aromatic N) is 1. The summed E-state index contributed by atoms with van der Waals surface area (Å²) in [5, 5.41) is 11.0. The van der Waals surface area contributed by atoms with Crippen LogP contribution in [0.4, 0.5) is 23.7 Å². The smallest absolute Gasteiger partial charge is 0.405 e. The molecule has 2 N–H and O–H groups in total. The maximum absolute atomic E-state index is 13.9. The molecular formula is C18H17F3N2O4. The molecule has 2 aromatic rings. The van der Waals surface area contributed by atoms with E-state index in [1.165, 1.54) is 26.3 Å². The zero-order valence-corrected chi connectivity index (χ0v) is 14.5. The molecule has 0 fully saturated rings. The average Bonchev–Trinajstić information content (AvgIpc) is 2.58. The van der Waals surface area contributed by atoms with Crippen molar-refractivity contribution >= 4 is 17.7 Å². The molecule has 0 spiro atoms. The van der Waals surface area contributed by atoms with Gasteiger partial charge in [0.2, 0.25) is 5.91 Å². The van der Waals surface area contributed by atoms with E-state index in [0.29, 0.717) is 6.07 Å². The topological polar surface area (TPSA) is 78.9 Å². The molecule has 2 aromatic carbocycles. The van der Waals surface area contributed by atoms with E-state index in [0.717, 1.165) is 23.1 Å². The van der Waals surface area contributed by atoms with Crippen LogP contribution in [0.2, 0.25) is 0 Å². The van der Waals surface area contributed by atoms with Crippen molar-refractivity contribution in [3.8, 4) is 5.75 Å². The first-order chi connectivity index (χ1) is 12.7. The maximum Gasteiger partial charge on any atom is 0.405 e. The van der Waals surface area contributed by atoms with E-state index in [9.17, 15) is 22.8 Å². The monoisotopic (exact) mass is 382 g/mol. The Morgan fingerprint density at radius 1 is 1.15 bits per heavy atom. The summed E-state index contributed by atoms with van der Waals surface area (Å²) in [7, 11) is 2.62. The van der Waals surface area contributed by atoms with Crippen molar-refractivity contribution < 1.29 is 32.6 Å². The van der Waals surface area contributed by atoms with Gasteiger partial charge in [-0.2, -0.15) is 0 Å². The first kappa shape index (κ1) is 20.1. The third kappa shape index (κ3) is 5.13. The van der Waals surface area contributed by atoms with Gasteiger partial charge in [0.05, 0.1) is 7.11 Å². The number of hydrogen-bond acceptors (Lipinski definition) is 3. The molecule has 0 aliphatic heterocycles. The van der Waals surface area contributed by atoms with Crippen LogP contribution < -0.4 is 15.0 Å². The first-order valence-corrected chi connectivity index (χ1v) is 7.76. The Morgan fingerprint density at radius 3 is 2.30 bits per heavy atom. The molecule has 9 heteroatoms. The summed E-state index contributed by atoms with van der Waals surface area (Å²) in [6.45, 7) is 0. The molecule has 0 saturated heterocycles. The predicted octanol–water partition coefficient (Wildman–Crippen LogP) is 2.95. The van der Waals surface area contributed by atoms with Crippen LogP contribution in [0.25, 0.3) is 0 Å². The van der Waals surface area contributed by atoms with Crippen LogP contribution in [0.5, 0.6) is 5.75 Å². The van der Waals surface area contributed by atoms with Gasteiger partial charge in [-0.3, -0.25) is 4.79 Å². The van der Waals surface area contributed by atoms with Gasteiger partial charge in [-0.1, -0.05) is 0 Å². The Hall–Kier alpha value is -3.23. The molecule has 0 bridgehead atoms. The Balaban J connectivity index is 2.27. The van der Waals surface area contributed by atoms with Crippen LogP contribution in [0.1, 0.15) is 5.56 Å². The number of carboxylic acid groups (broad SMARTS) is 1. The van der Waals surface area contributed by atoms with E-state index in [4.69, 9.17) is 9.84 Å². The summed E-state index contributed by atoms with van der Waals surface area (Å²) < 4.78 is 45.4. The lowest BCUT2D eigenvalue weighted by molar-refractivity contribution is -0.120. The van der Waals surface area contributed by atoms with Crippen LogP contribution in [0.15, 0.2) is 36.4 Å². The fourth-order valence-electron chi connectivity index (χ4n) is 2.54. The molecule has 1 unspecified atom stereocenters. The van der Waals surface area contributed by atoms with Crippen LogP contribution >= 0.6 is 0 Å². The molecular weight excluding hydrogens is 365 g/mol. The molecule has 0 heterocycles. The molecule has 6 nitrogen and oxygen atoms in total. The number of hydrogen-bond donors (Lipinski definition) is 2. The van der Waals surface area contributed by atoms with Gasteiger partial charge in [0, 0.05) is 31.3 Å². The Labute approximate surface area is 153 Å². The lowest BCUT2D eigenvalue weighted by Crippen LogP contribution is -2.48. The molecule has 2 amide bonds. The average molecular weight is 382 g/mol. The number of rotatable bonds is 6. The highest BCUT2D eigenvalue weighted by Gasteiger charge is 2.26. The summed E-state index contributed by atoms with van der Waals surface area (Å²) in [5.41, 5.74) is 0.245. The van der Waals surface area contributed by atoms with E-state index in [-0.39, 0.29) is 23.4 Å². The molecule has 2 rings (SSSR count). The van der Waals surface area contributed by atoms with Gasteiger partial charge >= 0.3 is 6.09 Å². The number of carbonyl (C=O) groups excluding carboxylic acids is 1. The fraction of sp³-hybridized carbons (Fsp3) is 0.222. The normalized spacial score (nSPS) is 11.6. The van der Waals surface area contributed by atoms with Crippen molar-refractivity contribution in [2.75, 3.05) is 19.1 Å². The van der Waals surface area contributed by atoms with Crippen molar-refractivity contribution in [3.63, 3.8) is 0 Å². The number of ether oxygens (including phenoxy) is 1. The fourth-order valence-corrected chi connectivity index (χ4v) is 2.54. The standard InChI is InChI=1S/C18H17F3N2O4/c1-23(13-3-4-16(27-2)14(21)9-13)17(24)15(22-18(25)26)7-10-5-11(19)8-12(20)6-10/h3-6,8-9,15,22H,7H2,1-2H3,(H,25,26). The summed E-state index contributed by atoms with van der Waals surface area (Å²) >= 11 is 0. The summed E-state index contributed by atoms with van der Waals surface area (Å²) in [5.74, 6) is -3.15. The summed E-state index contributed by atoms with van der Waals surface area (Å²) in [4.78, 5) is 24.7. The summed E-state index contributed by atoms with van der Waals surface area (Å²) in [6.07, 6.45) is -1.78. The molecule has 0 saturated carbocycles. The van der Waals surface area contributed by atoms with Crippen molar-refractivity contribution in [2.24, 2.45) is 0 Å². The van der Waals surface area contributed by atoms with Crippen molar-refractivity contribution in [2.45, 2.75) is 12.5 Å². The van der Waals surface area contributed by atoms with Crippen LogP contribution in [-0.2, 0) is 11.2 Å². The quantitative estimate of drug-likeness (QED) is 0.805. The van der Waals surface area contributed by atoms with Crippen molar-refractivity contribution in [1.29, 1.82) is 0 Å². The lowest BCUT2D eigenvalue weighted by atomic mass is 10.0. The second kappa shape index (κ2) is 8.43. The van der Waals surface area contributed by atoms with Crippen LogP contribution in [0.3, 0.4) is 0 Å². The van der Waals surface area contributed by atoms with Crippen molar-refractivity contribution in [1.82, 2.24) is 5.32 Å². The number of benzene rings is 2. The summed E-state index contributed by atoms with van der Waals surface area (Å²) in [6, 6.07) is 5.11. The van der Waals surface area contributed by atoms with Crippen LogP contribution in [-0.4, -0.2) is 37.3 Å². The molecule has 27 heavy (non-hydrogen) atoms. The van der Waals surface area contributed by atoms with Gasteiger partial charge in [-0.05, 0) is 29.8 Å². The Bertz CT molecular complexity index is 840. The van der Waals surface area contributed by atoms with E-state index in [1.54, 1.807) is 0 Å². The predicted molar refractivity (Wildman–Crippen MR) is 91.4 cm³/mol. The minimum absolute atomic E-state index is 0.0185. The van der Waals surface area contributed by atoms with Crippen LogP contribution in [0, 0.1) is 17.5 Å². The van der Waals surface area contributed by atoms with Gasteiger partial charge < -0.3 is 20.1 Å². The second-order valence-corrected chi connectivity index (χ2v) is 5.70. The van der Waals surface area contributed by atoms with Gasteiger partial charge in [-0.15, -0.1) is 0 Å². The zero-order valence-electron chi connectivity index (χ0n) is 14.5. The number of halogens is 3. The highest BCUT2D eigenvalue weighted by molar-refractivity contribution is 5.98. The molecule has 144 valence electrons. The molecule has 0 aliphatic rings. The first-order valence-electron chi connectivity index (χ1n) is 7.76. The zero-order chi connectivity index (χ0) is 20.1. The Kier molecular flexibility index (Phi) is 6.27. The van der Waals surface area contributed by atoms with Gasteiger partial charge in [-0.25, -0.2) is 18.0 Å². The minimum atomic E-state index is -1.49. The van der Waals surface area contributed by atoms with E-state index >= 15 is 0 Å². The maximum atomic E-state index is 13.9. The number of carbonyl (C=O) groups is 2. The highest BCUT2D eigenvalue weighted by atomic mass is 19.1. The molecule has 0 radical (unpaired) electrons. The van der Waals surface area contributed by atoms with Gasteiger partial charge in [0.15, 0.2) is 11.6 Å². The van der Waals surface area contributed by atoms with E-state index < -0.39 is 35.5 Å². The number of amides is 2. The largest absolute Gasteiger partial charge is 0.494 e. The third-order valence-electron chi connectivity index (χ3n) is 3.81. The highest BCUT2D eigenvalue weighted by Crippen LogP contribution is 2.23. The molecule has 0 aromatic heterocycles. The molecule has 1 atom stereocenters.